The van der Waals surface area contributed by atoms with E-state index in [9.17, 15) is 9.18 Å². The van der Waals surface area contributed by atoms with Crippen LogP contribution < -0.4 is 4.90 Å². The SMILES string of the molecule is Cc1nc(CN(C(=O)Cc2csc3nc(-c4ccccc4)cn23)c2ccc(F)cc2)cs1. The van der Waals surface area contributed by atoms with Crippen molar-refractivity contribution >= 4 is 39.2 Å². The molecule has 0 saturated carbocycles. The summed E-state index contributed by atoms with van der Waals surface area (Å²) in [5, 5.41) is 4.85. The molecular weight excluding hydrogens is 443 g/mol. The molecule has 32 heavy (non-hydrogen) atoms. The minimum Gasteiger partial charge on any atom is -0.306 e. The normalized spacial score (nSPS) is 11.2. The zero-order valence-electron chi connectivity index (χ0n) is 17.2. The van der Waals surface area contributed by atoms with Crippen LogP contribution in [0.2, 0.25) is 0 Å². The number of imidazole rings is 1. The number of carbonyl (C=O) groups excluding carboxylic acids is 1. The Labute approximate surface area is 192 Å². The van der Waals surface area contributed by atoms with E-state index in [-0.39, 0.29) is 18.1 Å². The number of benzene rings is 2. The highest BCUT2D eigenvalue weighted by Crippen LogP contribution is 2.25. The quantitative estimate of drug-likeness (QED) is 0.323. The molecule has 1 amide bonds. The van der Waals surface area contributed by atoms with Crippen LogP contribution in [0.15, 0.2) is 71.6 Å². The average molecular weight is 463 g/mol. The molecule has 2 aromatic carbocycles. The number of fused-ring (bicyclic) bond motifs is 1. The maximum atomic E-state index is 13.5. The van der Waals surface area contributed by atoms with Crippen molar-refractivity contribution in [3.63, 3.8) is 0 Å². The molecule has 0 atom stereocenters. The molecule has 0 aliphatic rings. The van der Waals surface area contributed by atoms with Gasteiger partial charge in [0.25, 0.3) is 0 Å². The van der Waals surface area contributed by atoms with Crippen molar-refractivity contribution in [2.45, 2.75) is 19.9 Å². The summed E-state index contributed by atoms with van der Waals surface area (Å²) in [5.74, 6) is -0.422. The van der Waals surface area contributed by atoms with Crippen LogP contribution >= 0.6 is 22.7 Å². The van der Waals surface area contributed by atoms with Crippen molar-refractivity contribution in [1.82, 2.24) is 14.4 Å². The van der Waals surface area contributed by atoms with Gasteiger partial charge in [-0.05, 0) is 31.2 Å². The van der Waals surface area contributed by atoms with Gasteiger partial charge >= 0.3 is 0 Å². The fourth-order valence-electron chi connectivity index (χ4n) is 3.54. The molecule has 0 aliphatic heterocycles. The van der Waals surface area contributed by atoms with E-state index in [1.165, 1.54) is 23.5 Å². The lowest BCUT2D eigenvalue weighted by molar-refractivity contribution is -0.118. The van der Waals surface area contributed by atoms with Gasteiger partial charge < -0.3 is 4.90 Å². The van der Waals surface area contributed by atoms with Gasteiger partial charge in [0.2, 0.25) is 5.91 Å². The van der Waals surface area contributed by atoms with Crippen LogP contribution in [0.4, 0.5) is 10.1 Å². The molecule has 5 nitrogen and oxygen atoms in total. The number of rotatable bonds is 6. The van der Waals surface area contributed by atoms with Crippen LogP contribution in [0.3, 0.4) is 0 Å². The predicted molar refractivity (Wildman–Crippen MR) is 127 cm³/mol. The van der Waals surface area contributed by atoms with Gasteiger partial charge in [-0.25, -0.2) is 14.4 Å². The number of halogens is 1. The zero-order chi connectivity index (χ0) is 22.1. The molecule has 0 fully saturated rings. The Balaban J connectivity index is 1.44. The molecule has 8 heteroatoms. The van der Waals surface area contributed by atoms with Gasteiger partial charge in [0.05, 0.1) is 29.4 Å². The van der Waals surface area contributed by atoms with E-state index in [1.54, 1.807) is 28.4 Å². The number of hydrogen-bond acceptors (Lipinski definition) is 5. The number of thiazole rings is 2. The Bertz CT molecular complexity index is 1370. The minimum atomic E-state index is -0.336. The van der Waals surface area contributed by atoms with Crippen LogP contribution in [0.25, 0.3) is 16.2 Å². The van der Waals surface area contributed by atoms with Gasteiger partial charge in [-0.15, -0.1) is 22.7 Å². The third-order valence-electron chi connectivity index (χ3n) is 5.11. The van der Waals surface area contributed by atoms with E-state index in [1.807, 2.05) is 58.6 Å². The monoisotopic (exact) mass is 462 g/mol. The smallest absolute Gasteiger partial charge is 0.233 e. The molecule has 0 N–H and O–H groups in total. The van der Waals surface area contributed by atoms with Crippen molar-refractivity contribution in [3.05, 3.63) is 93.8 Å². The Morgan fingerprint density at radius 1 is 1.03 bits per heavy atom. The minimum absolute atomic E-state index is 0.0862. The zero-order valence-corrected chi connectivity index (χ0v) is 18.9. The fourth-order valence-corrected chi connectivity index (χ4v) is 5.02. The van der Waals surface area contributed by atoms with Gasteiger partial charge in [0.15, 0.2) is 4.96 Å². The van der Waals surface area contributed by atoms with E-state index >= 15 is 0 Å². The topological polar surface area (TPSA) is 50.5 Å². The molecule has 3 heterocycles. The summed E-state index contributed by atoms with van der Waals surface area (Å²) in [4.78, 5) is 25.1. The first-order chi connectivity index (χ1) is 15.6. The van der Waals surface area contributed by atoms with Crippen LogP contribution in [0, 0.1) is 12.7 Å². The second-order valence-electron chi connectivity index (χ2n) is 7.36. The summed E-state index contributed by atoms with van der Waals surface area (Å²) in [5.41, 5.74) is 4.23. The van der Waals surface area contributed by atoms with Crippen LogP contribution in [-0.4, -0.2) is 20.3 Å². The first-order valence-corrected chi connectivity index (χ1v) is 11.8. The maximum Gasteiger partial charge on any atom is 0.233 e. The summed E-state index contributed by atoms with van der Waals surface area (Å²) in [6.07, 6.45) is 2.17. The number of hydrogen-bond donors (Lipinski definition) is 0. The van der Waals surface area contributed by atoms with Crippen molar-refractivity contribution in [2.75, 3.05) is 4.90 Å². The molecule has 0 spiro atoms. The second-order valence-corrected chi connectivity index (χ2v) is 9.26. The fraction of sp³-hybridized carbons (Fsp3) is 0.125. The van der Waals surface area contributed by atoms with E-state index in [0.717, 1.165) is 32.6 Å². The lowest BCUT2D eigenvalue weighted by Crippen LogP contribution is -2.32. The van der Waals surface area contributed by atoms with Gasteiger partial charge in [0.1, 0.15) is 5.82 Å². The number of amides is 1. The van der Waals surface area contributed by atoms with Gasteiger partial charge in [-0.3, -0.25) is 9.20 Å². The summed E-state index contributed by atoms with van der Waals surface area (Å²) in [6.45, 7) is 2.27. The largest absolute Gasteiger partial charge is 0.306 e. The number of aryl methyl sites for hydroxylation is 1. The molecule has 3 aromatic heterocycles. The first kappa shape index (κ1) is 20.5. The highest BCUT2D eigenvalue weighted by atomic mass is 32.1. The number of carbonyl (C=O) groups is 1. The highest BCUT2D eigenvalue weighted by Gasteiger charge is 2.20. The highest BCUT2D eigenvalue weighted by molar-refractivity contribution is 7.15. The van der Waals surface area contributed by atoms with Crippen LogP contribution in [0.1, 0.15) is 16.4 Å². The third-order valence-corrected chi connectivity index (χ3v) is 6.82. The van der Waals surface area contributed by atoms with Crippen molar-refractivity contribution < 1.29 is 9.18 Å². The molecule has 5 aromatic rings. The molecule has 0 bridgehead atoms. The van der Waals surface area contributed by atoms with Gasteiger partial charge in [-0.2, -0.15) is 0 Å². The maximum absolute atomic E-state index is 13.5. The van der Waals surface area contributed by atoms with Gasteiger partial charge in [0, 0.05) is 33.9 Å². The summed E-state index contributed by atoms with van der Waals surface area (Å²) in [7, 11) is 0. The Morgan fingerprint density at radius 3 is 2.53 bits per heavy atom. The molecule has 0 aliphatic carbocycles. The molecule has 160 valence electrons. The van der Waals surface area contributed by atoms with Gasteiger partial charge in [-0.1, -0.05) is 30.3 Å². The first-order valence-electron chi connectivity index (χ1n) is 10.0. The number of anilines is 1. The van der Waals surface area contributed by atoms with E-state index < -0.39 is 0 Å². The predicted octanol–water partition coefficient (Wildman–Crippen LogP) is 5.74. The summed E-state index contributed by atoms with van der Waals surface area (Å²) in [6, 6.07) is 16.0. The molecule has 0 saturated heterocycles. The Hall–Kier alpha value is -3.36. The average Bonchev–Trinajstić information content (AvgIpc) is 3.50. The second kappa shape index (κ2) is 8.64. The van der Waals surface area contributed by atoms with E-state index in [2.05, 4.69) is 4.98 Å². The summed E-state index contributed by atoms with van der Waals surface area (Å²) >= 11 is 3.05. The molecular formula is C24H19FN4OS2. The standard InChI is InChI=1S/C24H19FN4OS2/c1-16-26-19(14-31-16)12-28(20-9-7-18(25)8-10-20)23(30)11-21-15-32-24-27-22(13-29(21)24)17-5-3-2-4-6-17/h2-10,13-15H,11-12H2,1H3. The van der Waals surface area contributed by atoms with Crippen LogP contribution in [-0.2, 0) is 17.8 Å². The Kier molecular flexibility index (Phi) is 5.55. The van der Waals surface area contributed by atoms with E-state index in [4.69, 9.17) is 4.98 Å². The van der Waals surface area contributed by atoms with E-state index in [0.29, 0.717) is 12.2 Å². The number of nitrogens with zero attached hydrogens (tertiary/aromatic N) is 4. The molecule has 0 radical (unpaired) electrons. The third kappa shape index (κ3) is 4.19. The van der Waals surface area contributed by atoms with Crippen molar-refractivity contribution in [2.24, 2.45) is 0 Å². The van der Waals surface area contributed by atoms with Crippen LogP contribution in [0.5, 0.6) is 0 Å². The lowest BCUT2D eigenvalue weighted by atomic mass is 10.2. The lowest BCUT2D eigenvalue weighted by Gasteiger charge is -2.22. The van der Waals surface area contributed by atoms with Crippen molar-refractivity contribution in [3.8, 4) is 11.3 Å². The number of aromatic nitrogens is 3. The van der Waals surface area contributed by atoms with Crippen molar-refractivity contribution in [1.29, 1.82) is 0 Å². The molecule has 5 rings (SSSR count). The molecule has 0 unspecified atom stereocenters. The Morgan fingerprint density at radius 2 is 1.81 bits per heavy atom. The summed E-state index contributed by atoms with van der Waals surface area (Å²) < 4.78 is 15.5.